The van der Waals surface area contributed by atoms with Crippen LogP contribution in [-0.4, -0.2) is 22.4 Å². The molecule has 0 aliphatic heterocycles. The van der Waals surface area contributed by atoms with E-state index in [4.69, 9.17) is 0 Å². The van der Waals surface area contributed by atoms with Gasteiger partial charge in [0, 0.05) is 0 Å². The van der Waals surface area contributed by atoms with E-state index in [9.17, 15) is 10.2 Å². The Kier molecular flexibility index (Phi) is 3.25. The highest BCUT2D eigenvalue weighted by Gasteiger charge is 2.59. The average Bonchev–Trinajstić information content (AvgIpc) is 2.76. The number of hydrogen-bond donors (Lipinski definition) is 2. The van der Waals surface area contributed by atoms with Crippen LogP contribution in [0, 0.1) is 34.5 Å². The second kappa shape index (κ2) is 4.71. The van der Waals surface area contributed by atoms with Gasteiger partial charge in [0.1, 0.15) is 0 Å². The van der Waals surface area contributed by atoms with E-state index >= 15 is 0 Å². The minimum atomic E-state index is -0.0536. The standard InChI is InChI=1S/C19H32O2/c1-18-9-7-13(20)11-12(18)3-4-14-15-5-6-17(21)19(15,2)10-8-16(14)18/h12-17,20-21H,3-11H2,1-2H3/t12?,13-,14?,15?,16?,17-,18+,19+/m1/s1. The monoisotopic (exact) mass is 292 g/mol. The highest BCUT2D eigenvalue weighted by atomic mass is 16.3. The van der Waals surface area contributed by atoms with Crippen LogP contribution in [0.25, 0.3) is 0 Å². The Labute approximate surface area is 129 Å². The molecular weight excluding hydrogens is 260 g/mol. The van der Waals surface area contributed by atoms with Crippen molar-refractivity contribution < 1.29 is 10.2 Å². The van der Waals surface area contributed by atoms with Crippen molar-refractivity contribution in [3.8, 4) is 0 Å². The summed E-state index contributed by atoms with van der Waals surface area (Å²) in [5.41, 5.74) is 0.676. The summed E-state index contributed by atoms with van der Waals surface area (Å²) >= 11 is 0. The van der Waals surface area contributed by atoms with Crippen LogP contribution in [0.15, 0.2) is 0 Å². The molecule has 8 atom stereocenters. The van der Waals surface area contributed by atoms with E-state index in [-0.39, 0.29) is 17.6 Å². The quantitative estimate of drug-likeness (QED) is 0.714. The summed E-state index contributed by atoms with van der Waals surface area (Å²) in [5.74, 6) is 3.21. The molecule has 120 valence electrons. The van der Waals surface area contributed by atoms with Crippen molar-refractivity contribution in [1.82, 2.24) is 0 Å². The minimum absolute atomic E-state index is 0.0400. The Bertz CT molecular complexity index is 422. The summed E-state index contributed by atoms with van der Waals surface area (Å²) in [7, 11) is 0. The topological polar surface area (TPSA) is 40.5 Å². The van der Waals surface area contributed by atoms with Crippen LogP contribution in [0.1, 0.15) is 71.6 Å². The molecule has 21 heavy (non-hydrogen) atoms. The van der Waals surface area contributed by atoms with E-state index in [1.165, 1.54) is 38.5 Å². The number of aliphatic hydroxyl groups is 2. The average molecular weight is 292 g/mol. The summed E-state index contributed by atoms with van der Waals surface area (Å²) in [6.45, 7) is 4.90. The number of aliphatic hydroxyl groups excluding tert-OH is 2. The molecule has 4 aliphatic carbocycles. The molecule has 0 radical (unpaired) electrons. The molecule has 0 saturated heterocycles. The molecule has 0 aromatic carbocycles. The van der Waals surface area contributed by atoms with E-state index < -0.39 is 0 Å². The van der Waals surface area contributed by atoms with Gasteiger partial charge in [-0.15, -0.1) is 0 Å². The summed E-state index contributed by atoms with van der Waals surface area (Å²) in [4.78, 5) is 0. The number of fused-ring (bicyclic) bond motifs is 5. The first-order valence-corrected chi connectivity index (χ1v) is 9.31. The zero-order chi connectivity index (χ0) is 14.8. The molecule has 0 aromatic heterocycles. The lowest BCUT2D eigenvalue weighted by Crippen LogP contribution is -2.54. The summed E-state index contributed by atoms with van der Waals surface area (Å²) in [5, 5.41) is 20.5. The minimum Gasteiger partial charge on any atom is -0.393 e. The molecule has 2 heteroatoms. The molecule has 0 heterocycles. The largest absolute Gasteiger partial charge is 0.393 e. The van der Waals surface area contributed by atoms with Crippen molar-refractivity contribution in [2.75, 3.05) is 0 Å². The van der Waals surface area contributed by atoms with Crippen LogP contribution in [0.2, 0.25) is 0 Å². The van der Waals surface area contributed by atoms with E-state index in [0.29, 0.717) is 5.41 Å². The van der Waals surface area contributed by atoms with Crippen molar-refractivity contribution in [3.05, 3.63) is 0 Å². The second-order valence-corrected chi connectivity index (χ2v) is 9.22. The van der Waals surface area contributed by atoms with Crippen LogP contribution in [0.4, 0.5) is 0 Å². The van der Waals surface area contributed by atoms with Crippen LogP contribution >= 0.6 is 0 Å². The lowest BCUT2D eigenvalue weighted by molar-refractivity contribution is -0.133. The van der Waals surface area contributed by atoms with Crippen molar-refractivity contribution in [3.63, 3.8) is 0 Å². The van der Waals surface area contributed by atoms with Crippen LogP contribution in [-0.2, 0) is 0 Å². The third kappa shape index (κ3) is 1.91. The van der Waals surface area contributed by atoms with Crippen LogP contribution < -0.4 is 0 Å². The highest BCUT2D eigenvalue weighted by Crippen LogP contribution is 2.66. The summed E-state index contributed by atoms with van der Waals surface area (Å²) in [6, 6.07) is 0. The third-order valence-electron chi connectivity index (χ3n) is 8.59. The van der Waals surface area contributed by atoms with E-state index in [1.807, 2.05) is 0 Å². The van der Waals surface area contributed by atoms with Gasteiger partial charge in [-0.2, -0.15) is 0 Å². The van der Waals surface area contributed by atoms with Crippen molar-refractivity contribution >= 4 is 0 Å². The zero-order valence-corrected chi connectivity index (χ0v) is 13.7. The Morgan fingerprint density at radius 1 is 0.762 bits per heavy atom. The van der Waals surface area contributed by atoms with E-state index in [0.717, 1.165) is 42.9 Å². The van der Waals surface area contributed by atoms with Gasteiger partial charge < -0.3 is 10.2 Å². The van der Waals surface area contributed by atoms with Gasteiger partial charge in [0.15, 0.2) is 0 Å². The lowest BCUT2D eigenvalue weighted by Gasteiger charge is -2.60. The van der Waals surface area contributed by atoms with Crippen molar-refractivity contribution in [2.24, 2.45) is 34.5 Å². The molecule has 2 nitrogen and oxygen atoms in total. The summed E-state index contributed by atoms with van der Waals surface area (Å²) < 4.78 is 0. The molecule has 0 amide bonds. The van der Waals surface area contributed by atoms with E-state index in [2.05, 4.69) is 13.8 Å². The molecule has 0 bridgehead atoms. The highest BCUT2D eigenvalue weighted by molar-refractivity contribution is 5.09. The molecule has 4 aliphatic rings. The summed E-state index contributed by atoms with van der Waals surface area (Å²) in [6.07, 6.45) is 10.7. The molecular formula is C19H32O2. The Hall–Kier alpha value is -0.0800. The van der Waals surface area contributed by atoms with E-state index in [1.54, 1.807) is 0 Å². The lowest BCUT2D eigenvalue weighted by atomic mass is 9.45. The van der Waals surface area contributed by atoms with Gasteiger partial charge >= 0.3 is 0 Å². The Morgan fingerprint density at radius 3 is 2.29 bits per heavy atom. The predicted octanol–water partition coefficient (Wildman–Crippen LogP) is 3.75. The third-order valence-corrected chi connectivity index (χ3v) is 8.59. The smallest absolute Gasteiger partial charge is 0.0596 e. The molecule has 4 saturated carbocycles. The molecule has 4 fully saturated rings. The maximum atomic E-state index is 10.5. The predicted molar refractivity (Wildman–Crippen MR) is 83.7 cm³/mol. The fraction of sp³-hybridized carbons (Fsp3) is 1.00. The van der Waals surface area contributed by atoms with Gasteiger partial charge in [0.25, 0.3) is 0 Å². The van der Waals surface area contributed by atoms with Crippen molar-refractivity contribution in [2.45, 2.75) is 83.8 Å². The molecule has 4 rings (SSSR count). The zero-order valence-electron chi connectivity index (χ0n) is 13.7. The van der Waals surface area contributed by atoms with Gasteiger partial charge in [-0.05, 0) is 92.3 Å². The second-order valence-electron chi connectivity index (χ2n) is 9.22. The SMILES string of the molecule is C[C@]12CC[C@@H](O)CC1CCC1C2CC[C@@]2(C)C1CC[C@H]2O. The molecule has 4 unspecified atom stereocenters. The maximum absolute atomic E-state index is 10.5. The first-order chi connectivity index (χ1) is 9.95. The van der Waals surface area contributed by atoms with Gasteiger partial charge in [0.2, 0.25) is 0 Å². The first-order valence-electron chi connectivity index (χ1n) is 9.31. The van der Waals surface area contributed by atoms with Gasteiger partial charge in [-0.1, -0.05) is 13.8 Å². The van der Waals surface area contributed by atoms with Crippen LogP contribution in [0.3, 0.4) is 0 Å². The van der Waals surface area contributed by atoms with Gasteiger partial charge in [-0.25, -0.2) is 0 Å². The molecule has 0 aromatic rings. The number of rotatable bonds is 0. The Morgan fingerprint density at radius 2 is 1.48 bits per heavy atom. The number of hydrogen-bond acceptors (Lipinski definition) is 2. The normalized spacial score (nSPS) is 60.0. The fourth-order valence-corrected chi connectivity index (χ4v) is 7.21. The fourth-order valence-electron chi connectivity index (χ4n) is 7.21. The first kappa shape index (κ1) is 14.5. The molecule has 2 N–H and O–H groups in total. The van der Waals surface area contributed by atoms with Crippen LogP contribution in [0.5, 0.6) is 0 Å². The van der Waals surface area contributed by atoms with Gasteiger partial charge in [-0.3, -0.25) is 0 Å². The van der Waals surface area contributed by atoms with Crippen molar-refractivity contribution in [1.29, 1.82) is 0 Å². The Balaban J connectivity index is 1.62. The van der Waals surface area contributed by atoms with Gasteiger partial charge in [0.05, 0.1) is 12.2 Å². The molecule has 0 spiro atoms. The maximum Gasteiger partial charge on any atom is 0.0596 e.